The number of aromatic nitrogens is 1. The topological polar surface area (TPSA) is 86.7 Å². The zero-order valence-corrected chi connectivity index (χ0v) is 17.9. The molecule has 9 heteroatoms. The number of anilines is 2. The quantitative estimate of drug-likeness (QED) is 0.569. The Kier molecular flexibility index (Phi) is 7.40. The summed E-state index contributed by atoms with van der Waals surface area (Å²) in [6.07, 6.45) is 1.41. The number of halogens is 2. The molecule has 2 aromatic carbocycles. The highest BCUT2D eigenvalue weighted by atomic mass is 35.5. The van der Waals surface area contributed by atoms with Crippen molar-refractivity contribution in [3.05, 3.63) is 88.3 Å². The van der Waals surface area contributed by atoms with Gasteiger partial charge in [0.2, 0.25) is 0 Å². The summed E-state index contributed by atoms with van der Waals surface area (Å²) in [7, 11) is 1.88. The second-order valence-electron chi connectivity index (χ2n) is 7.14. The van der Waals surface area contributed by atoms with Crippen LogP contribution in [0, 0.1) is 5.82 Å². The maximum Gasteiger partial charge on any atom is 0.258 e. The smallest absolute Gasteiger partial charge is 0.258 e. The van der Waals surface area contributed by atoms with E-state index < -0.39 is 17.6 Å². The van der Waals surface area contributed by atoms with Crippen LogP contribution in [0.25, 0.3) is 0 Å². The number of para-hydroxylation sites is 1. The summed E-state index contributed by atoms with van der Waals surface area (Å²) in [4.78, 5) is 35.8. The van der Waals surface area contributed by atoms with Crippen LogP contribution >= 0.6 is 11.6 Å². The number of pyridine rings is 1. The molecule has 1 aromatic heterocycles. The largest absolute Gasteiger partial charge is 0.358 e. The third kappa shape index (κ3) is 5.35. The number of likely N-dealkylation sites (N-methyl/N-ethyl adjacent to an activating group) is 1. The highest BCUT2D eigenvalue weighted by molar-refractivity contribution is 6.30. The summed E-state index contributed by atoms with van der Waals surface area (Å²) in [5, 5.41) is 5.70. The van der Waals surface area contributed by atoms with Gasteiger partial charge in [-0.3, -0.25) is 14.6 Å². The number of carbonyl (C=O) groups is 2. The van der Waals surface area contributed by atoms with Crippen LogP contribution in [0.3, 0.4) is 0 Å². The molecule has 0 atom stereocenters. The van der Waals surface area contributed by atoms with Crippen molar-refractivity contribution in [3.8, 4) is 0 Å². The Bertz CT molecular complexity index is 1210. The number of hydrogen-bond donors (Lipinski definition) is 2. The van der Waals surface area contributed by atoms with Crippen LogP contribution in [0.2, 0.25) is 5.02 Å². The normalized spacial score (nSPS) is 12.6. The van der Waals surface area contributed by atoms with E-state index >= 15 is 0 Å². The zero-order chi connectivity index (χ0) is 22.7. The highest BCUT2D eigenvalue weighted by Gasteiger charge is 2.20. The molecule has 3 aromatic rings. The molecule has 1 aliphatic heterocycles. The molecule has 2 amide bonds. The lowest BCUT2D eigenvalue weighted by Gasteiger charge is -2.15. The van der Waals surface area contributed by atoms with Crippen molar-refractivity contribution in [1.82, 2.24) is 9.88 Å². The number of nitrogens with one attached hydrogen (secondary N) is 2. The average molecular weight is 468 g/mol. The molecule has 0 aliphatic carbocycles. The van der Waals surface area contributed by atoms with Gasteiger partial charge >= 0.3 is 0 Å². The van der Waals surface area contributed by atoms with Crippen LogP contribution in [0.15, 0.2) is 65.8 Å². The van der Waals surface area contributed by atoms with Gasteiger partial charge in [-0.15, -0.1) is 0 Å². The highest BCUT2D eigenvalue weighted by Crippen LogP contribution is 2.20. The molecule has 0 bridgehead atoms. The first-order valence-corrected chi connectivity index (χ1v) is 10.2. The van der Waals surface area contributed by atoms with Crippen molar-refractivity contribution in [2.75, 3.05) is 30.8 Å². The number of amides is 2. The number of hydrogen-bond acceptors (Lipinski definition) is 5. The van der Waals surface area contributed by atoms with Gasteiger partial charge in [0.05, 0.1) is 28.4 Å². The molecule has 0 saturated heterocycles. The number of aliphatic imine (C=N–C) groups is 1. The van der Waals surface area contributed by atoms with E-state index in [0.29, 0.717) is 28.8 Å². The molecule has 0 spiro atoms. The molecule has 0 fully saturated rings. The minimum Gasteiger partial charge on any atom is -0.358 e. The number of benzene rings is 2. The van der Waals surface area contributed by atoms with E-state index in [2.05, 4.69) is 20.6 Å². The molecular weight excluding hydrogens is 445 g/mol. The van der Waals surface area contributed by atoms with E-state index in [4.69, 9.17) is 11.6 Å². The fourth-order valence-electron chi connectivity index (χ4n) is 3.30. The predicted octanol–water partition coefficient (Wildman–Crippen LogP) is 4.71. The van der Waals surface area contributed by atoms with Crippen molar-refractivity contribution in [2.45, 2.75) is 7.43 Å². The van der Waals surface area contributed by atoms with Gasteiger partial charge in [0, 0.05) is 25.4 Å². The number of rotatable bonds is 5. The predicted molar refractivity (Wildman–Crippen MR) is 129 cm³/mol. The molecule has 0 saturated carbocycles. The van der Waals surface area contributed by atoms with Crippen LogP contribution in [0.4, 0.5) is 15.9 Å². The van der Waals surface area contributed by atoms with Crippen molar-refractivity contribution < 1.29 is 14.0 Å². The Morgan fingerprint density at radius 1 is 1.03 bits per heavy atom. The molecular formula is C24H23ClFN5O2. The average Bonchev–Trinajstić information content (AvgIpc) is 3.21. The van der Waals surface area contributed by atoms with Gasteiger partial charge in [-0.2, -0.15) is 0 Å². The van der Waals surface area contributed by atoms with Crippen molar-refractivity contribution in [2.24, 2.45) is 4.99 Å². The first-order chi connectivity index (χ1) is 15.4. The van der Waals surface area contributed by atoms with Crippen LogP contribution in [0.1, 0.15) is 33.7 Å². The summed E-state index contributed by atoms with van der Waals surface area (Å²) in [5.74, 6) is -0.819. The molecule has 2 N–H and O–H groups in total. The van der Waals surface area contributed by atoms with Crippen LogP contribution < -0.4 is 10.6 Å². The molecule has 170 valence electrons. The number of nitrogens with zero attached hydrogens (tertiary/aromatic N) is 3. The maximum absolute atomic E-state index is 14.7. The lowest BCUT2D eigenvalue weighted by molar-refractivity contribution is 0.102. The second-order valence-corrected chi connectivity index (χ2v) is 7.57. The molecule has 0 radical (unpaired) electrons. The van der Waals surface area contributed by atoms with Gasteiger partial charge in [0.1, 0.15) is 17.5 Å². The molecule has 0 unspecified atom stereocenters. The maximum atomic E-state index is 14.7. The molecule has 7 nitrogen and oxygen atoms in total. The third-order valence-corrected chi connectivity index (χ3v) is 5.14. The van der Waals surface area contributed by atoms with E-state index in [0.717, 1.165) is 6.54 Å². The first-order valence-electron chi connectivity index (χ1n) is 9.81. The SMILES string of the molecule is C.CN1CCN=C1c1ccc(C(=O)Nc2ccccc2C(=O)Nc2ccc(Cl)cn2)c(F)c1. The Morgan fingerprint density at radius 3 is 2.45 bits per heavy atom. The van der Waals surface area contributed by atoms with Crippen LogP contribution in [0.5, 0.6) is 0 Å². The molecule has 1 aliphatic rings. The van der Waals surface area contributed by atoms with Crippen LogP contribution in [-0.4, -0.2) is 47.7 Å². The minimum atomic E-state index is -0.671. The Hall–Kier alpha value is -3.78. The van der Waals surface area contributed by atoms with E-state index in [9.17, 15) is 14.0 Å². The summed E-state index contributed by atoms with van der Waals surface area (Å²) in [6, 6.07) is 14.0. The lowest BCUT2D eigenvalue weighted by Crippen LogP contribution is -2.24. The van der Waals surface area contributed by atoms with Gasteiger partial charge in [0.15, 0.2) is 0 Å². The first kappa shape index (κ1) is 23.9. The van der Waals surface area contributed by atoms with Gasteiger partial charge in [-0.1, -0.05) is 37.2 Å². The zero-order valence-electron chi connectivity index (χ0n) is 17.1. The van der Waals surface area contributed by atoms with E-state index in [1.807, 2.05) is 11.9 Å². The number of carbonyl (C=O) groups excluding carboxylic acids is 2. The summed E-state index contributed by atoms with van der Waals surface area (Å²) in [5.41, 5.74) is 0.919. The van der Waals surface area contributed by atoms with Crippen LogP contribution in [-0.2, 0) is 0 Å². The summed E-state index contributed by atoms with van der Waals surface area (Å²) < 4.78 is 14.7. The monoisotopic (exact) mass is 467 g/mol. The molecule has 2 heterocycles. The standard InChI is InChI=1S/C23H19ClFN5O2.CH4/c1-30-11-10-26-21(30)14-6-8-16(18(25)12-14)22(31)28-19-5-3-2-4-17(19)23(32)29-20-9-7-15(24)13-27-20;/h2-9,12-13H,10-11H2,1H3,(H,28,31)(H,27,29,32);1H4. The van der Waals surface area contributed by atoms with Crippen molar-refractivity contribution >= 4 is 40.8 Å². The van der Waals surface area contributed by atoms with Gasteiger partial charge in [-0.25, -0.2) is 9.37 Å². The van der Waals surface area contributed by atoms with Gasteiger partial charge < -0.3 is 15.5 Å². The second kappa shape index (κ2) is 10.2. The minimum absolute atomic E-state index is 0. The molecule has 33 heavy (non-hydrogen) atoms. The fraction of sp³-hybridized carbons (Fsp3) is 0.167. The summed E-state index contributed by atoms with van der Waals surface area (Å²) in [6.45, 7) is 1.42. The van der Waals surface area contributed by atoms with E-state index in [1.165, 1.54) is 18.3 Å². The number of amidine groups is 1. The van der Waals surface area contributed by atoms with E-state index in [-0.39, 0.29) is 24.2 Å². The summed E-state index contributed by atoms with van der Waals surface area (Å²) >= 11 is 5.81. The fourth-order valence-corrected chi connectivity index (χ4v) is 3.41. The molecule has 4 rings (SSSR count). The lowest BCUT2D eigenvalue weighted by atomic mass is 10.1. The van der Waals surface area contributed by atoms with Crippen molar-refractivity contribution in [3.63, 3.8) is 0 Å². The van der Waals surface area contributed by atoms with Gasteiger partial charge in [-0.05, 0) is 36.4 Å². The van der Waals surface area contributed by atoms with Crippen molar-refractivity contribution in [1.29, 1.82) is 0 Å². The third-order valence-electron chi connectivity index (χ3n) is 4.92. The Balaban J connectivity index is 0.00000306. The van der Waals surface area contributed by atoms with E-state index in [1.54, 1.807) is 42.5 Å². The Labute approximate surface area is 196 Å². The van der Waals surface area contributed by atoms with Gasteiger partial charge in [0.25, 0.3) is 11.8 Å². The Morgan fingerprint density at radius 2 is 1.79 bits per heavy atom.